The minimum Gasteiger partial charge on any atom is -0.339 e. The zero-order chi connectivity index (χ0) is 18.0. The van der Waals surface area contributed by atoms with Crippen LogP contribution < -0.4 is 5.32 Å². The fourth-order valence-electron chi connectivity index (χ4n) is 2.56. The highest BCUT2D eigenvalue weighted by molar-refractivity contribution is 5.92. The second-order valence-corrected chi connectivity index (χ2v) is 6.02. The van der Waals surface area contributed by atoms with Gasteiger partial charge in [0.05, 0.1) is 5.69 Å². The summed E-state index contributed by atoms with van der Waals surface area (Å²) in [6.07, 6.45) is 0.778. The van der Waals surface area contributed by atoms with Gasteiger partial charge in [0.2, 0.25) is 11.7 Å². The normalized spacial score (nSPS) is 12.2. The first-order valence-corrected chi connectivity index (χ1v) is 8.22. The molecule has 0 radical (unpaired) electrons. The molecule has 0 saturated carbocycles. The smallest absolute Gasteiger partial charge is 0.270 e. The van der Waals surface area contributed by atoms with Gasteiger partial charge in [0.1, 0.15) is 11.7 Å². The number of hydrogen-bond acceptors (Lipinski definition) is 5. The van der Waals surface area contributed by atoms with Crippen molar-refractivity contribution in [2.75, 3.05) is 0 Å². The van der Waals surface area contributed by atoms with E-state index in [0.29, 0.717) is 17.4 Å². The Morgan fingerprint density at radius 3 is 2.84 bits per heavy atom. The van der Waals surface area contributed by atoms with Crippen molar-refractivity contribution >= 4 is 5.91 Å². The molecule has 0 unspecified atom stereocenters. The van der Waals surface area contributed by atoms with Crippen LogP contribution in [0, 0.1) is 6.92 Å². The number of aryl methyl sites for hydroxylation is 3. The Kier molecular flexibility index (Phi) is 4.65. The fraction of sp³-hybridized carbons (Fsp3) is 0.333. The van der Waals surface area contributed by atoms with Crippen molar-refractivity contribution in [3.8, 4) is 11.4 Å². The number of amides is 1. The van der Waals surface area contributed by atoms with Gasteiger partial charge in [-0.3, -0.25) is 9.48 Å². The average molecular weight is 339 g/mol. The monoisotopic (exact) mass is 339 g/mol. The molecule has 130 valence electrons. The predicted octanol–water partition coefficient (Wildman–Crippen LogP) is 2.83. The molecule has 1 amide bonds. The minimum absolute atomic E-state index is 0.225. The standard InChI is InChI=1S/C18H21N5O2/c1-5-14-10-15(23(4)21-14)17(24)19-12(3)18-20-16(22-25-18)13-8-6-7-11(2)9-13/h6-10,12H,5H2,1-4H3,(H,19,24)/t12-/m0/s1. The van der Waals surface area contributed by atoms with Crippen LogP contribution in [0.5, 0.6) is 0 Å². The third kappa shape index (κ3) is 3.60. The van der Waals surface area contributed by atoms with Crippen LogP contribution in [0.3, 0.4) is 0 Å². The van der Waals surface area contributed by atoms with Gasteiger partial charge >= 0.3 is 0 Å². The van der Waals surface area contributed by atoms with Crippen molar-refractivity contribution in [2.45, 2.75) is 33.2 Å². The van der Waals surface area contributed by atoms with Crippen LogP contribution in [0.25, 0.3) is 11.4 Å². The van der Waals surface area contributed by atoms with E-state index in [9.17, 15) is 4.79 Å². The topological polar surface area (TPSA) is 85.8 Å². The summed E-state index contributed by atoms with van der Waals surface area (Å²) < 4.78 is 6.89. The van der Waals surface area contributed by atoms with E-state index in [1.807, 2.05) is 45.0 Å². The molecule has 0 spiro atoms. The van der Waals surface area contributed by atoms with Gasteiger partial charge in [-0.2, -0.15) is 10.1 Å². The summed E-state index contributed by atoms with van der Waals surface area (Å²) in [6, 6.07) is 9.24. The average Bonchev–Trinajstić information content (AvgIpc) is 3.21. The Hall–Kier alpha value is -2.96. The van der Waals surface area contributed by atoms with Crippen molar-refractivity contribution < 1.29 is 9.32 Å². The lowest BCUT2D eigenvalue weighted by molar-refractivity contribution is 0.0923. The molecule has 3 rings (SSSR count). The van der Waals surface area contributed by atoms with E-state index >= 15 is 0 Å². The highest BCUT2D eigenvalue weighted by atomic mass is 16.5. The third-order valence-corrected chi connectivity index (χ3v) is 3.96. The lowest BCUT2D eigenvalue weighted by atomic mass is 10.1. The molecule has 0 aliphatic carbocycles. The molecule has 3 aromatic rings. The van der Waals surface area contributed by atoms with Crippen LogP contribution >= 0.6 is 0 Å². The molecular formula is C18H21N5O2. The first-order chi connectivity index (χ1) is 12.0. The maximum atomic E-state index is 12.4. The van der Waals surface area contributed by atoms with E-state index in [0.717, 1.165) is 23.2 Å². The maximum absolute atomic E-state index is 12.4. The van der Waals surface area contributed by atoms with Gasteiger partial charge in [-0.05, 0) is 32.4 Å². The van der Waals surface area contributed by atoms with Gasteiger partial charge in [-0.1, -0.05) is 35.8 Å². The van der Waals surface area contributed by atoms with Crippen molar-refractivity contribution in [2.24, 2.45) is 7.05 Å². The molecule has 0 bridgehead atoms. The molecule has 2 aromatic heterocycles. The largest absolute Gasteiger partial charge is 0.339 e. The van der Waals surface area contributed by atoms with Gasteiger partial charge in [0, 0.05) is 12.6 Å². The summed E-state index contributed by atoms with van der Waals surface area (Å²) in [7, 11) is 1.75. The molecule has 1 atom stereocenters. The van der Waals surface area contributed by atoms with Crippen molar-refractivity contribution in [1.82, 2.24) is 25.2 Å². The van der Waals surface area contributed by atoms with Crippen LogP contribution in [0.1, 0.15) is 47.5 Å². The van der Waals surface area contributed by atoms with Crippen LogP contribution in [0.4, 0.5) is 0 Å². The quantitative estimate of drug-likeness (QED) is 0.772. The lowest BCUT2D eigenvalue weighted by Crippen LogP contribution is -2.28. The summed E-state index contributed by atoms with van der Waals surface area (Å²) in [5.41, 5.74) is 3.38. The molecule has 0 saturated heterocycles. The molecule has 25 heavy (non-hydrogen) atoms. The number of nitrogens with one attached hydrogen (secondary N) is 1. The number of hydrogen-bond donors (Lipinski definition) is 1. The van der Waals surface area contributed by atoms with Crippen molar-refractivity contribution in [3.05, 3.63) is 53.2 Å². The van der Waals surface area contributed by atoms with Crippen LogP contribution in [0.2, 0.25) is 0 Å². The molecular weight excluding hydrogens is 318 g/mol. The molecule has 0 aliphatic rings. The minimum atomic E-state index is -0.404. The first-order valence-electron chi connectivity index (χ1n) is 8.22. The predicted molar refractivity (Wildman–Crippen MR) is 92.9 cm³/mol. The van der Waals surface area contributed by atoms with Crippen LogP contribution in [0.15, 0.2) is 34.9 Å². The Morgan fingerprint density at radius 2 is 2.16 bits per heavy atom. The van der Waals surface area contributed by atoms with E-state index < -0.39 is 6.04 Å². The van der Waals surface area contributed by atoms with Crippen LogP contribution in [-0.2, 0) is 13.5 Å². The van der Waals surface area contributed by atoms with Gasteiger partial charge in [0.15, 0.2) is 0 Å². The lowest BCUT2D eigenvalue weighted by Gasteiger charge is -2.09. The summed E-state index contributed by atoms with van der Waals surface area (Å²) in [6.45, 7) is 5.81. The summed E-state index contributed by atoms with van der Waals surface area (Å²) in [5.74, 6) is 0.647. The first kappa shape index (κ1) is 16.9. The number of carbonyl (C=O) groups excluding carboxylic acids is 1. The van der Waals surface area contributed by atoms with Crippen molar-refractivity contribution in [3.63, 3.8) is 0 Å². The SMILES string of the molecule is CCc1cc(C(=O)N[C@@H](C)c2nc(-c3cccc(C)c3)no2)n(C)n1. The number of carbonyl (C=O) groups is 1. The van der Waals surface area contributed by atoms with Gasteiger partial charge in [-0.15, -0.1) is 0 Å². The summed E-state index contributed by atoms with van der Waals surface area (Å²) in [5, 5.41) is 11.2. The fourth-order valence-corrected chi connectivity index (χ4v) is 2.56. The molecule has 0 fully saturated rings. The Labute approximate surface area is 146 Å². The van der Waals surface area contributed by atoms with Crippen molar-refractivity contribution in [1.29, 1.82) is 0 Å². The van der Waals surface area contributed by atoms with Gasteiger partial charge in [-0.25, -0.2) is 0 Å². The molecule has 7 nitrogen and oxygen atoms in total. The van der Waals surface area contributed by atoms with Crippen LogP contribution in [-0.4, -0.2) is 25.8 Å². The zero-order valence-corrected chi connectivity index (χ0v) is 14.8. The number of aromatic nitrogens is 4. The number of rotatable bonds is 5. The maximum Gasteiger partial charge on any atom is 0.270 e. The molecule has 7 heteroatoms. The van der Waals surface area contributed by atoms with E-state index in [1.165, 1.54) is 0 Å². The second kappa shape index (κ2) is 6.88. The zero-order valence-electron chi connectivity index (χ0n) is 14.8. The Balaban J connectivity index is 1.74. The van der Waals surface area contributed by atoms with E-state index in [2.05, 4.69) is 20.6 Å². The van der Waals surface area contributed by atoms with Gasteiger partial charge < -0.3 is 9.84 Å². The van der Waals surface area contributed by atoms with Gasteiger partial charge in [0.25, 0.3) is 5.91 Å². The van der Waals surface area contributed by atoms with E-state index in [4.69, 9.17) is 4.52 Å². The molecule has 0 aliphatic heterocycles. The molecule has 1 N–H and O–H groups in total. The van der Waals surface area contributed by atoms with E-state index in [1.54, 1.807) is 17.8 Å². The second-order valence-electron chi connectivity index (χ2n) is 6.02. The Morgan fingerprint density at radius 1 is 1.36 bits per heavy atom. The molecule has 1 aromatic carbocycles. The highest BCUT2D eigenvalue weighted by Gasteiger charge is 2.20. The molecule has 2 heterocycles. The summed E-state index contributed by atoms with van der Waals surface area (Å²) >= 11 is 0. The number of nitrogens with zero attached hydrogens (tertiary/aromatic N) is 4. The third-order valence-electron chi connectivity index (χ3n) is 3.96. The highest BCUT2D eigenvalue weighted by Crippen LogP contribution is 2.20. The summed E-state index contributed by atoms with van der Waals surface area (Å²) in [4.78, 5) is 16.8. The Bertz CT molecular complexity index is 897. The number of benzene rings is 1. The van der Waals surface area contributed by atoms with E-state index in [-0.39, 0.29) is 5.91 Å².